The molecule has 0 aliphatic heterocycles. The van der Waals surface area contributed by atoms with E-state index in [1.54, 1.807) is 0 Å². The third-order valence-corrected chi connectivity index (χ3v) is 4.12. The van der Waals surface area contributed by atoms with Gasteiger partial charge in [-0.05, 0) is 30.2 Å². The molecule has 1 aromatic heterocycles. The van der Waals surface area contributed by atoms with E-state index in [-0.39, 0.29) is 5.92 Å². The van der Waals surface area contributed by atoms with Gasteiger partial charge in [-0.15, -0.1) is 0 Å². The zero-order valence-corrected chi connectivity index (χ0v) is 11.8. The van der Waals surface area contributed by atoms with Gasteiger partial charge >= 0.3 is 0 Å². The zero-order valence-electron chi connectivity index (χ0n) is 11.8. The van der Waals surface area contributed by atoms with Crippen LogP contribution in [0.15, 0.2) is 34.9 Å². The highest BCUT2D eigenvalue weighted by molar-refractivity contribution is 5.17. The number of nitrogens with two attached hydrogens (primary N) is 1. The van der Waals surface area contributed by atoms with Gasteiger partial charge in [-0.2, -0.15) is 4.98 Å². The van der Waals surface area contributed by atoms with E-state index in [4.69, 9.17) is 10.3 Å². The molecule has 0 bridgehead atoms. The number of aromatic nitrogens is 2. The van der Waals surface area contributed by atoms with Crippen molar-refractivity contribution in [2.75, 3.05) is 6.54 Å². The normalized spacial score (nSPS) is 22.7. The van der Waals surface area contributed by atoms with Gasteiger partial charge in [0.15, 0.2) is 5.82 Å². The lowest BCUT2D eigenvalue weighted by atomic mass is 10.1. The van der Waals surface area contributed by atoms with E-state index in [1.165, 1.54) is 12.0 Å². The lowest BCUT2D eigenvalue weighted by molar-refractivity contribution is 0.363. The minimum absolute atomic E-state index is 0.173. The molecule has 1 aromatic carbocycles. The van der Waals surface area contributed by atoms with Crippen LogP contribution in [-0.4, -0.2) is 16.7 Å². The summed E-state index contributed by atoms with van der Waals surface area (Å²) in [4.78, 5) is 4.44. The predicted octanol–water partition coefficient (Wildman–Crippen LogP) is 2.55. The molecule has 0 radical (unpaired) electrons. The SMILES string of the molecule is CC(CN)c1noc(C[C@@H]2C[C@H]2Cc2ccccc2)n1. The lowest BCUT2D eigenvalue weighted by Gasteiger charge is -1.99. The summed E-state index contributed by atoms with van der Waals surface area (Å²) in [7, 11) is 0. The van der Waals surface area contributed by atoms with Crippen molar-refractivity contribution in [1.29, 1.82) is 0 Å². The van der Waals surface area contributed by atoms with E-state index < -0.39 is 0 Å². The molecule has 20 heavy (non-hydrogen) atoms. The molecule has 3 atom stereocenters. The highest BCUT2D eigenvalue weighted by Crippen LogP contribution is 2.43. The van der Waals surface area contributed by atoms with Crippen molar-refractivity contribution in [3.05, 3.63) is 47.6 Å². The minimum atomic E-state index is 0.173. The van der Waals surface area contributed by atoms with Crippen LogP contribution in [0.5, 0.6) is 0 Å². The molecule has 4 heteroatoms. The van der Waals surface area contributed by atoms with Gasteiger partial charge in [0.1, 0.15) is 0 Å². The first kappa shape index (κ1) is 13.3. The van der Waals surface area contributed by atoms with E-state index in [0.717, 1.165) is 30.5 Å². The third-order valence-electron chi connectivity index (χ3n) is 4.12. The smallest absolute Gasteiger partial charge is 0.226 e. The Morgan fingerprint density at radius 3 is 2.75 bits per heavy atom. The topological polar surface area (TPSA) is 64.9 Å². The van der Waals surface area contributed by atoms with Crippen LogP contribution in [0.3, 0.4) is 0 Å². The van der Waals surface area contributed by atoms with Gasteiger partial charge in [0.25, 0.3) is 0 Å². The van der Waals surface area contributed by atoms with Crippen molar-refractivity contribution in [3.8, 4) is 0 Å². The molecule has 1 aliphatic carbocycles. The summed E-state index contributed by atoms with van der Waals surface area (Å²) in [5.41, 5.74) is 7.03. The second-order valence-electron chi connectivity index (χ2n) is 5.83. The van der Waals surface area contributed by atoms with E-state index in [0.29, 0.717) is 12.5 Å². The molecule has 4 nitrogen and oxygen atoms in total. The Balaban J connectivity index is 1.52. The molecule has 1 saturated carbocycles. The van der Waals surface area contributed by atoms with E-state index >= 15 is 0 Å². The molecule has 106 valence electrons. The van der Waals surface area contributed by atoms with Gasteiger partial charge < -0.3 is 10.3 Å². The Bertz CT molecular complexity index is 552. The summed E-state index contributed by atoms with van der Waals surface area (Å²) in [5, 5.41) is 4.01. The summed E-state index contributed by atoms with van der Waals surface area (Å²) in [6.45, 7) is 2.57. The Morgan fingerprint density at radius 2 is 2.00 bits per heavy atom. The molecule has 3 rings (SSSR count). The van der Waals surface area contributed by atoms with Crippen LogP contribution in [0.4, 0.5) is 0 Å². The van der Waals surface area contributed by atoms with Crippen LogP contribution in [0.1, 0.15) is 36.5 Å². The summed E-state index contributed by atoms with van der Waals surface area (Å²) in [6.07, 6.45) is 3.33. The van der Waals surface area contributed by atoms with Gasteiger partial charge in [-0.1, -0.05) is 42.4 Å². The van der Waals surface area contributed by atoms with Gasteiger partial charge in [-0.25, -0.2) is 0 Å². The fourth-order valence-corrected chi connectivity index (χ4v) is 2.61. The van der Waals surface area contributed by atoms with Gasteiger partial charge in [0.2, 0.25) is 5.89 Å². The van der Waals surface area contributed by atoms with E-state index in [1.807, 2.05) is 6.92 Å². The molecule has 2 N–H and O–H groups in total. The maximum Gasteiger partial charge on any atom is 0.226 e. The molecule has 0 amide bonds. The molecule has 1 unspecified atom stereocenters. The van der Waals surface area contributed by atoms with Crippen LogP contribution in [-0.2, 0) is 12.8 Å². The Kier molecular flexibility index (Phi) is 3.83. The van der Waals surface area contributed by atoms with Crippen molar-refractivity contribution < 1.29 is 4.52 Å². The first-order chi connectivity index (χ1) is 9.76. The summed E-state index contributed by atoms with van der Waals surface area (Å²) in [6, 6.07) is 10.7. The Labute approximate surface area is 119 Å². The van der Waals surface area contributed by atoms with Crippen LogP contribution < -0.4 is 5.73 Å². The van der Waals surface area contributed by atoms with E-state index in [9.17, 15) is 0 Å². The quantitative estimate of drug-likeness (QED) is 0.877. The average molecular weight is 271 g/mol. The molecule has 2 aromatic rings. The van der Waals surface area contributed by atoms with Crippen LogP contribution in [0.25, 0.3) is 0 Å². The predicted molar refractivity (Wildman–Crippen MR) is 77.2 cm³/mol. The molecule has 0 spiro atoms. The lowest BCUT2D eigenvalue weighted by Crippen LogP contribution is -2.10. The molecule has 1 heterocycles. The standard InChI is InChI=1S/C16H21N3O/c1-11(10-17)16-18-15(20-19-16)9-14-8-13(14)7-12-5-3-2-4-6-12/h2-6,11,13-14H,7-10,17H2,1H3/t11?,13-,14+/m1/s1. The monoisotopic (exact) mass is 271 g/mol. The van der Waals surface area contributed by atoms with Crippen molar-refractivity contribution in [1.82, 2.24) is 10.1 Å². The number of benzene rings is 1. The van der Waals surface area contributed by atoms with Gasteiger partial charge in [-0.3, -0.25) is 0 Å². The number of rotatable bonds is 6. The van der Waals surface area contributed by atoms with Crippen molar-refractivity contribution >= 4 is 0 Å². The summed E-state index contributed by atoms with van der Waals surface area (Å²) < 4.78 is 5.32. The maximum absolute atomic E-state index is 5.61. The molecular formula is C16H21N3O. The fraction of sp³-hybridized carbons (Fsp3) is 0.500. The second-order valence-corrected chi connectivity index (χ2v) is 5.83. The highest BCUT2D eigenvalue weighted by Gasteiger charge is 2.38. The maximum atomic E-state index is 5.61. The van der Waals surface area contributed by atoms with Crippen molar-refractivity contribution in [2.24, 2.45) is 17.6 Å². The second kappa shape index (κ2) is 5.75. The minimum Gasteiger partial charge on any atom is -0.339 e. The summed E-state index contributed by atoms with van der Waals surface area (Å²) in [5.74, 6) is 3.13. The van der Waals surface area contributed by atoms with Crippen LogP contribution in [0, 0.1) is 11.8 Å². The third kappa shape index (κ3) is 3.07. The molecule has 1 fully saturated rings. The Morgan fingerprint density at radius 1 is 1.25 bits per heavy atom. The number of hydrogen-bond acceptors (Lipinski definition) is 4. The first-order valence-electron chi connectivity index (χ1n) is 7.32. The van der Waals surface area contributed by atoms with Gasteiger partial charge in [0, 0.05) is 18.9 Å². The number of hydrogen-bond donors (Lipinski definition) is 1. The molecule has 1 aliphatic rings. The summed E-state index contributed by atoms with van der Waals surface area (Å²) >= 11 is 0. The highest BCUT2D eigenvalue weighted by atomic mass is 16.5. The number of nitrogens with zero attached hydrogens (tertiary/aromatic N) is 2. The Hall–Kier alpha value is -1.68. The largest absolute Gasteiger partial charge is 0.339 e. The fourth-order valence-electron chi connectivity index (χ4n) is 2.61. The average Bonchev–Trinajstić information content (AvgIpc) is 3.01. The first-order valence-corrected chi connectivity index (χ1v) is 7.32. The molecular weight excluding hydrogens is 250 g/mol. The van der Waals surface area contributed by atoms with Crippen molar-refractivity contribution in [2.45, 2.75) is 32.1 Å². The van der Waals surface area contributed by atoms with Crippen LogP contribution >= 0.6 is 0 Å². The van der Waals surface area contributed by atoms with Crippen LogP contribution in [0.2, 0.25) is 0 Å². The van der Waals surface area contributed by atoms with E-state index in [2.05, 4.69) is 40.5 Å². The zero-order chi connectivity index (χ0) is 13.9. The van der Waals surface area contributed by atoms with Crippen molar-refractivity contribution in [3.63, 3.8) is 0 Å². The molecule has 0 saturated heterocycles. The van der Waals surface area contributed by atoms with Gasteiger partial charge in [0.05, 0.1) is 0 Å².